The third-order valence-corrected chi connectivity index (χ3v) is 5.55. The molecule has 1 aliphatic rings. The van der Waals surface area contributed by atoms with E-state index in [1.165, 1.54) is 0 Å². The minimum absolute atomic E-state index is 0.0783. The van der Waals surface area contributed by atoms with Gasteiger partial charge in [0.05, 0.1) is 17.7 Å². The Kier molecular flexibility index (Phi) is 5.28. The molecule has 0 aliphatic heterocycles. The third kappa shape index (κ3) is 4.10. The lowest BCUT2D eigenvalue weighted by Crippen LogP contribution is -2.25. The van der Waals surface area contributed by atoms with Crippen molar-refractivity contribution in [1.29, 1.82) is 0 Å². The summed E-state index contributed by atoms with van der Waals surface area (Å²) in [5.74, 6) is 2.61. The van der Waals surface area contributed by atoms with Crippen LogP contribution >= 0.6 is 15.9 Å². The number of ether oxygens (including phenoxy) is 2. The fourth-order valence-electron chi connectivity index (χ4n) is 3.59. The molecule has 6 nitrogen and oxygen atoms in total. The van der Waals surface area contributed by atoms with E-state index in [0.717, 1.165) is 40.2 Å². The number of furan rings is 1. The van der Waals surface area contributed by atoms with Gasteiger partial charge in [0.25, 0.3) is 5.91 Å². The van der Waals surface area contributed by atoms with Gasteiger partial charge in [-0.05, 0) is 50.1 Å². The highest BCUT2D eigenvalue weighted by Crippen LogP contribution is 2.34. The van der Waals surface area contributed by atoms with Crippen LogP contribution in [0.4, 0.5) is 0 Å². The summed E-state index contributed by atoms with van der Waals surface area (Å²) >= 11 is 3.36. The number of nitrogens with zero attached hydrogens (tertiary/aromatic N) is 1. The molecule has 4 aromatic rings. The van der Waals surface area contributed by atoms with Gasteiger partial charge in [0.15, 0.2) is 0 Å². The number of amides is 1. The maximum absolute atomic E-state index is 12.6. The zero-order chi connectivity index (χ0) is 21.4. The average molecular weight is 481 g/mol. The van der Waals surface area contributed by atoms with Crippen LogP contribution in [0.3, 0.4) is 0 Å². The van der Waals surface area contributed by atoms with Crippen molar-refractivity contribution in [2.75, 3.05) is 11.9 Å². The lowest BCUT2D eigenvalue weighted by atomic mass is 10.1. The van der Waals surface area contributed by atoms with E-state index < -0.39 is 0 Å². The number of carbonyl (C=O) groups is 1. The van der Waals surface area contributed by atoms with Gasteiger partial charge in [-0.25, -0.2) is 0 Å². The van der Waals surface area contributed by atoms with E-state index in [1.807, 2.05) is 49.4 Å². The van der Waals surface area contributed by atoms with Gasteiger partial charge in [-0.15, -0.1) is 0 Å². The van der Waals surface area contributed by atoms with Crippen LogP contribution in [0.1, 0.15) is 29.0 Å². The maximum Gasteiger partial charge on any atom is 0.255 e. The second kappa shape index (κ2) is 8.23. The van der Waals surface area contributed by atoms with Gasteiger partial charge in [0.1, 0.15) is 28.6 Å². The first-order valence-corrected chi connectivity index (χ1v) is 11.3. The summed E-state index contributed by atoms with van der Waals surface area (Å²) in [4.78, 5) is 17.0. The molecular formula is C24H21BrN2O4. The minimum Gasteiger partial charge on any atom is -0.493 e. The standard InChI is InChI=1S/C24H21BrN2O4/c1-14-23(24(28)27-15-2-3-15)19-7-5-17(13-22(19)30-14)31-21-8-10-26-20-12-16(29-11-9-25)4-6-18(20)21/h4-8,10,12-13,15H,2-3,9,11H2,1H3,(H,27,28). The van der Waals surface area contributed by atoms with Crippen LogP contribution < -0.4 is 14.8 Å². The van der Waals surface area contributed by atoms with Crippen LogP contribution in [-0.2, 0) is 0 Å². The minimum atomic E-state index is -0.0783. The molecule has 1 N–H and O–H groups in total. The van der Waals surface area contributed by atoms with Crippen molar-refractivity contribution in [2.24, 2.45) is 0 Å². The van der Waals surface area contributed by atoms with Crippen molar-refractivity contribution in [3.8, 4) is 17.2 Å². The number of aryl methyl sites for hydroxylation is 1. The van der Waals surface area contributed by atoms with E-state index in [0.29, 0.717) is 41.1 Å². The first-order chi connectivity index (χ1) is 15.1. The van der Waals surface area contributed by atoms with Gasteiger partial charge >= 0.3 is 0 Å². The predicted octanol–water partition coefficient (Wildman–Crippen LogP) is 5.75. The van der Waals surface area contributed by atoms with Crippen LogP contribution in [0.15, 0.2) is 53.1 Å². The monoisotopic (exact) mass is 480 g/mol. The number of hydrogen-bond acceptors (Lipinski definition) is 5. The zero-order valence-electron chi connectivity index (χ0n) is 17.0. The lowest BCUT2D eigenvalue weighted by Gasteiger charge is -2.10. The summed E-state index contributed by atoms with van der Waals surface area (Å²) in [6, 6.07) is 13.4. The number of fused-ring (bicyclic) bond motifs is 2. The number of pyridine rings is 1. The highest BCUT2D eigenvalue weighted by atomic mass is 79.9. The number of aromatic nitrogens is 1. The van der Waals surface area contributed by atoms with Gasteiger partial charge in [-0.3, -0.25) is 9.78 Å². The molecule has 0 unspecified atom stereocenters. The summed E-state index contributed by atoms with van der Waals surface area (Å²) in [5, 5.41) is 5.47. The summed E-state index contributed by atoms with van der Waals surface area (Å²) in [6.07, 6.45) is 3.80. The molecule has 5 rings (SSSR count). The molecule has 0 spiro atoms. The van der Waals surface area contributed by atoms with E-state index in [9.17, 15) is 4.79 Å². The van der Waals surface area contributed by atoms with Crippen LogP contribution in [0.25, 0.3) is 21.9 Å². The Balaban J connectivity index is 1.43. The van der Waals surface area contributed by atoms with Crippen LogP contribution in [0.5, 0.6) is 17.2 Å². The second-order valence-electron chi connectivity index (χ2n) is 7.57. The van der Waals surface area contributed by atoms with E-state index >= 15 is 0 Å². The fourth-order valence-corrected chi connectivity index (χ4v) is 3.76. The van der Waals surface area contributed by atoms with E-state index in [2.05, 4.69) is 26.2 Å². The van der Waals surface area contributed by atoms with Crippen molar-refractivity contribution in [3.63, 3.8) is 0 Å². The molecule has 2 aromatic heterocycles. The van der Waals surface area contributed by atoms with Gasteiger partial charge in [0, 0.05) is 40.5 Å². The number of alkyl halides is 1. The largest absolute Gasteiger partial charge is 0.493 e. The molecule has 7 heteroatoms. The highest BCUT2D eigenvalue weighted by Gasteiger charge is 2.27. The molecule has 2 heterocycles. The normalized spacial score (nSPS) is 13.5. The zero-order valence-corrected chi connectivity index (χ0v) is 18.6. The Morgan fingerprint density at radius 3 is 2.77 bits per heavy atom. The number of carbonyl (C=O) groups excluding carboxylic acids is 1. The highest BCUT2D eigenvalue weighted by molar-refractivity contribution is 9.09. The molecule has 1 amide bonds. The fraction of sp³-hybridized carbons (Fsp3) is 0.250. The maximum atomic E-state index is 12.6. The molecule has 1 saturated carbocycles. The van der Waals surface area contributed by atoms with Crippen molar-refractivity contribution in [3.05, 3.63) is 60.0 Å². The molecule has 2 aromatic carbocycles. The molecule has 0 bridgehead atoms. The van der Waals surface area contributed by atoms with Crippen molar-refractivity contribution in [1.82, 2.24) is 10.3 Å². The van der Waals surface area contributed by atoms with E-state index in [1.54, 1.807) is 6.20 Å². The van der Waals surface area contributed by atoms with Gasteiger partial charge in [-0.2, -0.15) is 0 Å². The quantitative estimate of drug-likeness (QED) is 0.341. The number of rotatable bonds is 7. The first kappa shape index (κ1) is 19.9. The molecule has 31 heavy (non-hydrogen) atoms. The molecule has 158 valence electrons. The summed E-state index contributed by atoms with van der Waals surface area (Å²) < 4.78 is 17.7. The van der Waals surface area contributed by atoms with Crippen LogP contribution in [0.2, 0.25) is 0 Å². The molecular weight excluding hydrogens is 460 g/mol. The Bertz CT molecular complexity index is 1280. The smallest absolute Gasteiger partial charge is 0.255 e. The first-order valence-electron chi connectivity index (χ1n) is 10.2. The molecule has 0 radical (unpaired) electrons. The number of nitrogens with one attached hydrogen (secondary N) is 1. The Morgan fingerprint density at radius 1 is 1.16 bits per heavy atom. The van der Waals surface area contributed by atoms with Gasteiger partial charge < -0.3 is 19.2 Å². The average Bonchev–Trinajstić information content (AvgIpc) is 3.51. The summed E-state index contributed by atoms with van der Waals surface area (Å²) in [6.45, 7) is 2.40. The SMILES string of the molecule is Cc1oc2cc(Oc3ccnc4cc(OCCBr)ccc34)ccc2c1C(=O)NC1CC1. The Labute approximate surface area is 187 Å². The van der Waals surface area contributed by atoms with Crippen molar-refractivity contribution >= 4 is 43.7 Å². The summed E-state index contributed by atoms with van der Waals surface area (Å²) in [7, 11) is 0. The molecule has 0 atom stereocenters. The number of halogens is 1. The molecule has 0 saturated heterocycles. The third-order valence-electron chi connectivity index (χ3n) is 5.23. The van der Waals surface area contributed by atoms with Crippen LogP contribution in [0, 0.1) is 6.92 Å². The summed E-state index contributed by atoms with van der Waals surface area (Å²) in [5.41, 5.74) is 2.01. The lowest BCUT2D eigenvalue weighted by molar-refractivity contribution is 0.0951. The van der Waals surface area contributed by atoms with Gasteiger partial charge in [0.2, 0.25) is 0 Å². The second-order valence-corrected chi connectivity index (χ2v) is 8.36. The topological polar surface area (TPSA) is 73.6 Å². The molecule has 1 aliphatic carbocycles. The van der Waals surface area contributed by atoms with Crippen molar-refractivity contribution < 1.29 is 18.7 Å². The van der Waals surface area contributed by atoms with Crippen LogP contribution in [-0.4, -0.2) is 28.9 Å². The van der Waals surface area contributed by atoms with Crippen molar-refractivity contribution in [2.45, 2.75) is 25.8 Å². The predicted molar refractivity (Wildman–Crippen MR) is 123 cm³/mol. The number of benzene rings is 2. The Hall–Kier alpha value is -3.06. The van der Waals surface area contributed by atoms with E-state index in [4.69, 9.17) is 13.9 Å². The van der Waals surface area contributed by atoms with Gasteiger partial charge in [-0.1, -0.05) is 15.9 Å². The molecule has 1 fully saturated rings. The number of hydrogen-bond donors (Lipinski definition) is 1. The Morgan fingerprint density at radius 2 is 1.97 bits per heavy atom. The van der Waals surface area contributed by atoms with E-state index in [-0.39, 0.29) is 5.91 Å².